The molecule has 0 aliphatic heterocycles. The maximum absolute atomic E-state index is 13.3. The first-order valence-electron chi connectivity index (χ1n) is 13.5. The van der Waals surface area contributed by atoms with Crippen LogP contribution in [0.25, 0.3) is 0 Å². The molecule has 0 aromatic rings. The van der Waals surface area contributed by atoms with E-state index in [2.05, 4.69) is 34.6 Å². The lowest BCUT2D eigenvalue weighted by Crippen LogP contribution is -2.57. The van der Waals surface area contributed by atoms with Crippen LogP contribution in [0.15, 0.2) is 0 Å². The highest BCUT2D eigenvalue weighted by molar-refractivity contribution is 5.83. The van der Waals surface area contributed by atoms with Crippen molar-refractivity contribution in [1.82, 2.24) is 0 Å². The molecule has 4 heteroatoms. The molecule has 12 atom stereocenters. The fraction of sp³-hybridized carbons (Fsp3) is 0.964. The van der Waals surface area contributed by atoms with Crippen molar-refractivity contribution in [1.29, 1.82) is 0 Å². The van der Waals surface area contributed by atoms with Gasteiger partial charge < -0.3 is 15.3 Å². The second-order valence-corrected chi connectivity index (χ2v) is 13.2. The van der Waals surface area contributed by atoms with Crippen LogP contribution < -0.4 is 0 Å². The Morgan fingerprint density at radius 3 is 2.16 bits per heavy atom. The van der Waals surface area contributed by atoms with E-state index in [9.17, 15) is 20.1 Å². The molecule has 0 aromatic carbocycles. The van der Waals surface area contributed by atoms with Gasteiger partial charge in [0.05, 0.1) is 18.3 Å². The Hall–Kier alpha value is -0.450. The number of ketones is 1. The Labute approximate surface area is 195 Å². The van der Waals surface area contributed by atoms with Crippen LogP contribution in [-0.4, -0.2) is 39.4 Å². The van der Waals surface area contributed by atoms with E-state index >= 15 is 0 Å². The maximum Gasteiger partial charge on any atom is 0.136 e. The Morgan fingerprint density at radius 1 is 0.875 bits per heavy atom. The van der Waals surface area contributed by atoms with Crippen molar-refractivity contribution in [2.75, 3.05) is 0 Å². The summed E-state index contributed by atoms with van der Waals surface area (Å²) in [6.45, 7) is 13.2. The molecular formula is C28H48O4. The third kappa shape index (κ3) is 3.71. The summed E-state index contributed by atoms with van der Waals surface area (Å²) in [5.74, 6) is 2.88. The summed E-state index contributed by atoms with van der Waals surface area (Å²) in [5.41, 5.74) is 0.187. The van der Waals surface area contributed by atoms with E-state index in [0.29, 0.717) is 48.2 Å². The van der Waals surface area contributed by atoms with Gasteiger partial charge in [0, 0.05) is 12.3 Å². The van der Waals surface area contributed by atoms with Gasteiger partial charge >= 0.3 is 0 Å². The molecule has 0 radical (unpaired) electrons. The minimum atomic E-state index is -0.694. The van der Waals surface area contributed by atoms with Crippen LogP contribution in [0, 0.1) is 58.2 Å². The zero-order valence-electron chi connectivity index (χ0n) is 21.3. The summed E-state index contributed by atoms with van der Waals surface area (Å²) in [7, 11) is 0. The van der Waals surface area contributed by atoms with Gasteiger partial charge in [0.15, 0.2) is 0 Å². The summed E-state index contributed by atoms with van der Waals surface area (Å²) in [5, 5.41) is 32.2. The van der Waals surface area contributed by atoms with Gasteiger partial charge in [-0.3, -0.25) is 4.79 Å². The highest BCUT2D eigenvalue weighted by Crippen LogP contribution is 2.67. The molecule has 4 fully saturated rings. The maximum atomic E-state index is 13.3. The number of fused-ring (bicyclic) bond motifs is 5. The largest absolute Gasteiger partial charge is 0.393 e. The van der Waals surface area contributed by atoms with Gasteiger partial charge in [-0.1, -0.05) is 41.5 Å². The average molecular weight is 449 g/mol. The topological polar surface area (TPSA) is 77.8 Å². The van der Waals surface area contributed by atoms with Crippen LogP contribution in [0.4, 0.5) is 0 Å². The summed E-state index contributed by atoms with van der Waals surface area (Å²) < 4.78 is 0. The molecule has 4 aliphatic rings. The second-order valence-electron chi connectivity index (χ2n) is 13.2. The first kappa shape index (κ1) is 24.7. The van der Waals surface area contributed by atoms with Gasteiger partial charge in [0.25, 0.3) is 0 Å². The van der Waals surface area contributed by atoms with E-state index in [1.54, 1.807) is 0 Å². The fourth-order valence-corrected chi connectivity index (χ4v) is 9.18. The Bertz CT molecular complexity index is 706. The molecule has 0 amide bonds. The summed E-state index contributed by atoms with van der Waals surface area (Å²) in [6, 6.07) is 0. The van der Waals surface area contributed by atoms with Gasteiger partial charge in [-0.2, -0.15) is 0 Å². The van der Waals surface area contributed by atoms with E-state index in [1.807, 2.05) is 6.92 Å². The third-order valence-corrected chi connectivity index (χ3v) is 11.6. The lowest BCUT2D eigenvalue weighted by Gasteiger charge is -2.60. The van der Waals surface area contributed by atoms with Crippen LogP contribution in [0.1, 0.15) is 92.9 Å². The SMILES string of the molecule is CC(C)[C@@H](C)[C@@H](O)[C@H](O)[C@@H](C)[C@H]1CC[C@H]2[C@@H]3CC(=O)[C@@H]4C[C@H](O)CC[C@]4(C)[C@H]3CC[C@]12C. The number of aliphatic hydroxyl groups is 3. The van der Waals surface area contributed by atoms with E-state index in [1.165, 1.54) is 0 Å². The Kier molecular flexibility index (Phi) is 6.66. The van der Waals surface area contributed by atoms with Crippen molar-refractivity contribution in [3.05, 3.63) is 0 Å². The minimum Gasteiger partial charge on any atom is -0.393 e. The smallest absolute Gasteiger partial charge is 0.136 e. The Balaban J connectivity index is 1.54. The van der Waals surface area contributed by atoms with Gasteiger partial charge in [-0.15, -0.1) is 0 Å². The van der Waals surface area contributed by atoms with Gasteiger partial charge in [-0.25, -0.2) is 0 Å². The van der Waals surface area contributed by atoms with E-state index in [4.69, 9.17) is 0 Å². The third-order valence-electron chi connectivity index (χ3n) is 11.6. The normalized spacial score (nSPS) is 47.9. The highest BCUT2D eigenvalue weighted by Gasteiger charge is 2.63. The monoisotopic (exact) mass is 448 g/mol. The van der Waals surface area contributed by atoms with Crippen LogP contribution in [0.3, 0.4) is 0 Å². The number of hydrogen-bond acceptors (Lipinski definition) is 4. The highest BCUT2D eigenvalue weighted by atomic mass is 16.3. The molecule has 0 bridgehead atoms. The van der Waals surface area contributed by atoms with Crippen LogP contribution in [-0.2, 0) is 4.79 Å². The fourth-order valence-electron chi connectivity index (χ4n) is 9.18. The summed E-state index contributed by atoms with van der Waals surface area (Å²) in [4.78, 5) is 13.3. The molecule has 32 heavy (non-hydrogen) atoms. The quantitative estimate of drug-likeness (QED) is 0.563. The molecule has 4 saturated carbocycles. The molecule has 0 unspecified atom stereocenters. The molecular weight excluding hydrogens is 400 g/mol. The number of carbonyl (C=O) groups is 1. The number of hydrogen-bond donors (Lipinski definition) is 3. The molecule has 4 aliphatic carbocycles. The molecule has 0 heterocycles. The number of rotatable bonds is 5. The van der Waals surface area contributed by atoms with Crippen molar-refractivity contribution in [3.8, 4) is 0 Å². The first-order chi connectivity index (χ1) is 14.9. The molecule has 0 spiro atoms. The predicted octanol–water partition coefficient (Wildman–Crippen LogP) is 4.84. The second kappa shape index (κ2) is 8.64. The van der Waals surface area contributed by atoms with Crippen LogP contribution in [0.2, 0.25) is 0 Å². The van der Waals surface area contributed by atoms with Gasteiger partial charge in [0.1, 0.15) is 5.78 Å². The van der Waals surface area contributed by atoms with E-state index in [-0.39, 0.29) is 34.7 Å². The van der Waals surface area contributed by atoms with Gasteiger partial charge in [0.2, 0.25) is 0 Å². The van der Waals surface area contributed by atoms with E-state index in [0.717, 1.165) is 38.5 Å². The zero-order valence-corrected chi connectivity index (χ0v) is 21.3. The molecule has 0 saturated heterocycles. The number of aliphatic hydroxyl groups excluding tert-OH is 3. The van der Waals surface area contributed by atoms with Crippen LogP contribution >= 0.6 is 0 Å². The molecule has 0 aromatic heterocycles. The minimum absolute atomic E-state index is 0.0440. The molecule has 184 valence electrons. The number of carbonyl (C=O) groups excluding carboxylic acids is 1. The first-order valence-corrected chi connectivity index (χ1v) is 13.5. The van der Waals surface area contributed by atoms with Crippen molar-refractivity contribution < 1.29 is 20.1 Å². The predicted molar refractivity (Wildman–Crippen MR) is 127 cm³/mol. The average Bonchev–Trinajstić information content (AvgIpc) is 3.10. The van der Waals surface area contributed by atoms with Crippen molar-refractivity contribution >= 4 is 5.78 Å². The zero-order chi connectivity index (χ0) is 23.6. The van der Waals surface area contributed by atoms with Crippen molar-refractivity contribution in [2.24, 2.45) is 58.2 Å². The van der Waals surface area contributed by atoms with E-state index < -0.39 is 12.2 Å². The summed E-state index contributed by atoms with van der Waals surface area (Å²) in [6.07, 6.45) is 6.05. The molecule has 4 nitrogen and oxygen atoms in total. The Morgan fingerprint density at radius 2 is 1.50 bits per heavy atom. The lowest BCUT2D eigenvalue weighted by molar-refractivity contribution is -0.161. The standard InChI is InChI=1S/C28H48O4/c1-15(2)16(3)25(31)26(32)17(4)20-7-8-21-19-14-24(30)23-13-18(29)9-11-28(23,6)22(19)10-12-27(20,21)5/h15-23,25-26,29,31-32H,7-14H2,1-6H3/t16-,17+,18-,19+,20-,21+,22+,23+,25-,26-,27-,28-/m1/s1. The number of Topliss-reactive ketones (excluding diaryl/α,β-unsaturated/α-hetero) is 1. The molecule has 4 rings (SSSR count). The molecule has 3 N–H and O–H groups in total. The van der Waals surface area contributed by atoms with Crippen molar-refractivity contribution in [2.45, 2.75) is 111 Å². The summed E-state index contributed by atoms with van der Waals surface area (Å²) >= 11 is 0. The van der Waals surface area contributed by atoms with Crippen molar-refractivity contribution in [3.63, 3.8) is 0 Å². The lowest BCUT2D eigenvalue weighted by atomic mass is 9.44. The van der Waals surface area contributed by atoms with Gasteiger partial charge in [-0.05, 0) is 97.2 Å². The van der Waals surface area contributed by atoms with Crippen LogP contribution in [0.5, 0.6) is 0 Å².